The number of para-hydroxylation sites is 1. The molecule has 0 saturated carbocycles. The number of halogens is 1. The van der Waals surface area contributed by atoms with Gasteiger partial charge in [-0.15, -0.1) is 6.58 Å². The van der Waals surface area contributed by atoms with Crippen molar-refractivity contribution in [1.82, 2.24) is 4.57 Å². The Bertz CT molecular complexity index is 1050. The van der Waals surface area contributed by atoms with E-state index in [0.717, 1.165) is 24.0 Å². The number of rotatable bonds is 8. The molecule has 3 rings (SSSR count). The Hall–Kier alpha value is -2.73. The second-order valence-corrected chi connectivity index (χ2v) is 7.38. The Kier molecular flexibility index (Phi) is 6.76. The van der Waals surface area contributed by atoms with Gasteiger partial charge >= 0.3 is 0 Å². The van der Waals surface area contributed by atoms with E-state index in [-0.39, 0.29) is 11.7 Å². The molecule has 0 bridgehead atoms. The lowest BCUT2D eigenvalue weighted by molar-refractivity contribution is 0.0997. The molecule has 0 aliphatic carbocycles. The number of carbonyl (C=O) groups excluding carboxylic acids is 1. The largest absolute Gasteiger partial charge is 0.494 e. The SMILES string of the molecule is C=CCn1c(=NC(=O)c2cccc(OCCCCC)c2)sc2cccc(F)c21. The van der Waals surface area contributed by atoms with Crippen molar-refractivity contribution >= 4 is 27.5 Å². The van der Waals surface area contributed by atoms with Crippen LogP contribution in [0, 0.1) is 5.82 Å². The van der Waals surface area contributed by atoms with Crippen LogP contribution in [0.25, 0.3) is 10.2 Å². The first kappa shape index (κ1) is 20.0. The van der Waals surface area contributed by atoms with Crippen LogP contribution in [0.4, 0.5) is 4.39 Å². The molecule has 0 N–H and O–H groups in total. The minimum absolute atomic E-state index is 0.341. The third kappa shape index (κ3) is 4.57. The molecule has 28 heavy (non-hydrogen) atoms. The van der Waals surface area contributed by atoms with Gasteiger partial charge in [-0.1, -0.05) is 49.3 Å². The van der Waals surface area contributed by atoms with Crippen molar-refractivity contribution in [3.05, 3.63) is 71.3 Å². The normalized spacial score (nSPS) is 11.7. The highest BCUT2D eigenvalue weighted by Crippen LogP contribution is 2.21. The van der Waals surface area contributed by atoms with Crippen LogP contribution in [0.1, 0.15) is 36.5 Å². The molecule has 0 fully saturated rings. The summed E-state index contributed by atoms with van der Waals surface area (Å²) >= 11 is 1.28. The van der Waals surface area contributed by atoms with Gasteiger partial charge in [0.25, 0.3) is 5.91 Å². The number of carbonyl (C=O) groups is 1. The third-order valence-corrected chi connectivity index (χ3v) is 5.30. The number of amides is 1. The third-order valence-electron chi connectivity index (χ3n) is 4.26. The lowest BCUT2D eigenvalue weighted by atomic mass is 10.2. The Morgan fingerprint density at radius 2 is 2.11 bits per heavy atom. The number of ether oxygens (including phenoxy) is 1. The van der Waals surface area contributed by atoms with E-state index in [1.807, 2.05) is 12.1 Å². The van der Waals surface area contributed by atoms with Gasteiger partial charge < -0.3 is 9.30 Å². The smallest absolute Gasteiger partial charge is 0.279 e. The molecule has 4 nitrogen and oxygen atoms in total. The lowest BCUT2D eigenvalue weighted by Gasteiger charge is -2.06. The van der Waals surface area contributed by atoms with Crippen LogP contribution in [0.5, 0.6) is 5.75 Å². The van der Waals surface area contributed by atoms with Crippen molar-refractivity contribution in [2.24, 2.45) is 4.99 Å². The Morgan fingerprint density at radius 3 is 2.89 bits per heavy atom. The Balaban J connectivity index is 1.91. The van der Waals surface area contributed by atoms with Crippen LogP contribution >= 0.6 is 11.3 Å². The van der Waals surface area contributed by atoms with E-state index >= 15 is 0 Å². The van der Waals surface area contributed by atoms with Gasteiger partial charge in [0, 0.05) is 12.1 Å². The number of fused-ring (bicyclic) bond motifs is 1. The molecular formula is C22H23FN2O2S. The molecule has 0 unspecified atom stereocenters. The Labute approximate surface area is 167 Å². The van der Waals surface area contributed by atoms with Crippen molar-refractivity contribution in [2.75, 3.05) is 6.61 Å². The number of hydrogen-bond donors (Lipinski definition) is 0. The monoisotopic (exact) mass is 398 g/mol. The molecule has 0 saturated heterocycles. The average molecular weight is 399 g/mol. The molecule has 1 heterocycles. The quantitative estimate of drug-likeness (QED) is 0.380. The summed E-state index contributed by atoms with van der Waals surface area (Å²) in [5.74, 6) is -0.0748. The number of thiazole rings is 1. The maximum absolute atomic E-state index is 14.3. The highest BCUT2D eigenvalue weighted by molar-refractivity contribution is 7.16. The highest BCUT2D eigenvalue weighted by Gasteiger charge is 2.12. The van der Waals surface area contributed by atoms with E-state index in [1.165, 1.54) is 17.4 Å². The predicted molar refractivity (Wildman–Crippen MR) is 111 cm³/mol. The topological polar surface area (TPSA) is 43.6 Å². The first-order valence-corrected chi connectivity index (χ1v) is 10.2. The summed E-state index contributed by atoms with van der Waals surface area (Å²) in [7, 11) is 0. The molecular weight excluding hydrogens is 375 g/mol. The van der Waals surface area contributed by atoms with Gasteiger partial charge in [0.05, 0.1) is 16.8 Å². The summed E-state index contributed by atoms with van der Waals surface area (Å²) < 4.78 is 22.4. The molecule has 2 aromatic carbocycles. The van der Waals surface area contributed by atoms with Gasteiger partial charge in [0.2, 0.25) is 0 Å². The fourth-order valence-corrected chi connectivity index (χ4v) is 3.94. The second kappa shape index (κ2) is 9.46. The minimum atomic E-state index is -0.385. The maximum atomic E-state index is 14.3. The van der Waals surface area contributed by atoms with Gasteiger partial charge in [-0.2, -0.15) is 4.99 Å². The standard InChI is InChI=1S/C22H23FN2O2S/c1-3-5-6-14-27-17-10-7-9-16(15-17)21(26)24-22-25(13-4-2)20-18(23)11-8-12-19(20)28-22/h4,7-12,15H,2-3,5-6,13-14H2,1H3. The highest BCUT2D eigenvalue weighted by atomic mass is 32.1. The van der Waals surface area contributed by atoms with Gasteiger partial charge in [0.1, 0.15) is 11.6 Å². The summed E-state index contributed by atoms with van der Waals surface area (Å²) in [6, 6.07) is 11.9. The van der Waals surface area contributed by atoms with Crippen molar-refractivity contribution < 1.29 is 13.9 Å². The fraction of sp³-hybridized carbons (Fsp3) is 0.273. The van der Waals surface area contributed by atoms with E-state index in [0.29, 0.717) is 34.8 Å². The molecule has 0 radical (unpaired) electrons. The zero-order valence-corrected chi connectivity index (χ0v) is 16.7. The van der Waals surface area contributed by atoms with Gasteiger partial charge in [-0.25, -0.2) is 4.39 Å². The fourth-order valence-electron chi connectivity index (χ4n) is 2.88. The molecule has 146 valence electrons. The first-order valence-electron chi connectivity index (χ1n) is 9.34. The van der Waals surface area contributed by atoms with Crippen LogP contribution in [-0.2, 0) is 6.54 Å². The van der Waals surface area contributed by atoms with Gasteiger partial charge in [-0.05, 0) is 36.8 Å². The van der Waals surface area contributed by atoms with Crippen LogP contribution in [-0.4, -0.2) is 17.1 Å². The molecule has 0 aliphatic heterocycles. The van der Waals surface area contributed by atoms with Crippen LogP contribution in [0.3, 0.4) is 0 Å². The summed E-state index contributed by atoms with van der Waals surface area (Å²) in [6.45, 7) is 6.85. The van der Waals surface area contributed by atoms with E-state index in [2.05, 4.69) is 18.5 Å². The van der Waals surface area contributed by atoms with Crippen molar-refractivity contribution in [2.45, 2.75) is 32.7 Å². The summed E-state index contributed by atoms with van der Waals surface area (Å²) in [5, 5.41) is 0. The zero-order valence-electron chi connectivity index (χ0n) is 15.9. The average Bonchev–Trinajstić information content (AvgIpc) is 3.04. The zero-order chi connectivity index (χ0) is 19.9. The van der Waals surface area contributed by atoms with E-state index in [9.17, 15) is 9.18 Å². The van der Waals surface area contributed by atoms with Gasteiger partial charge in [0.15, 0.2) is 4.80 Å². The van der Waals surface area contributed by atoms with Crippen molar-refractivity contribution in [1.29, 1.82) is 0 Å². The van der Waals surface area contributed by atoms with Crippen LogP contribution in [0.2, 0.25) is 0 Å². The number of aromatic nitrogens is 1. The summed E-state index contributed by atoms with van der Waals surface area (Å²) in [4.78, 5) is 17.4. The molecule has 1 aromatic heterocycles. The molecule has 0 atom stereocenters. The van der Waals surface area contributed by atoms with Crippen LogP contribution < -0.4 is 9.54 Å². The molecule has 6 heteroatoms. The summed E-state index contributed by atoms with van der Waals surface area (Å²) in [5.41, 5.74) is 0.878. The number of hydrogen-bond acceptors (Lipinski definition) is 3. The first-order chi connectivity index (χ1) is 13.6. The van der Waals surface area contributed by atoms with E-state index in [4.69, 9.17) is 4.74 Å². The lowest BCUT2D eigenvalue weighted by Crippen LogP contribution is -2.16. The molecule has 1 amide bonds. The van der Waals surface area contributed by atoms with E-state index < -0.39 is 0 Å². The number of unbranched alkanes of at least 4 members (excludes halogenated alkanes) is 2. The molecule has 0 spiro atoms. The summed E-state index contributed by atoms with van der Waals surface area (Å²) in [6.07, 6.45) is 4.88. The Morgan fingerprint density at radius 1 is 1.29 bits per heavy atom. The molecule has 3 aromatic rings. The molecule has 0 aliphatic rings. The van der Waals surface area contributed by atoms with Crippen LogP contribution in [0.15, 0.2) is 60.1 Å². The van der Waals surface area contributed by atoms with Crippen molar-refractivity contribution in [3.63, 3.8) is 0 Å². The second-order valence-electron chi connectivity index (χ2n) is 6.37. The maximum Gasteiger partial charge on any atom is 0.279 e. The number of benzene rings is 2. The predicted octanol–water partition coefficient (Wildman–Crippen LogP) is 5.34. The van der Waals surface area contributed by atoms with Crippen molar-refractivity contribution in [3.8, 4) is 5.75 Å². The van der Waals surface area contributed by atoms with E-state index in [1.54, 1.807) is 34.9 Å². The minimum Gasteiger partial charge on any atom is -0.494 e. The number of allylic oxidation sites excluding steroid dienone is 1. The van der Waals surface area contributed by atoms with Gasteiger partial charge in [-0.3, -0.25) is 4.79 Å². The number of nitrogens with zero attached hydrogens (tertiary/aromatic N) is 2.